The van der Waals surface area contributed by atoms with Crippen LogP contribution in [0.5, 0.6) is 0 Å². The molecule has 1 amide bonds. The summed E-state index contributed by atoms with van der Waals surface area (Å²) < 4.78 is 0. The van der Waals surface area contributed by atoms with Crippen molar-refractivity contribution < 1.29 is 4.79 Å². The molecular weight excluding hydrogens is 378 g/mol. The maximum atomic E-state index is 13.0. The summed E-state index contributed by atoms with van der Waals surface area (Å²) in [6, 6.07) is 24.3. The molecule has 1 aliphatic rings. The Kier molecular flexibility index (Phi) is 6.60. The zero-order valence-corrected chi connectivity index (χ0v) is 17.2. The monoisotopic (exact) mass is 403 g/mol. The van der Waals surface area contributed by atoms with E-state index in [4.69, 9.17) is 0 Å². The maximum Gasteiger partial charge on any atom is 0.253 e. The summed E-state index contributed by atoms with van der Waals surface area (Å²) in [6.07, 6.45) is 2.80. The Balaban J connectivity index is 1.34. The van der Waals surface area contributed by atoms with Crippen molar-refractivity contribution in [2.45, 2.75) is 22.9 Å². The number of amides is 1. The van der Waals surface area contributed by atoms with Gasteiger partial charge in [0, 0.05) is 49.4 Å². The highest BCUT2D eigenvalue weighted by molar-refractivity contribution is 7.99. The Bertz CT molecular complexity index is 916. The van der Waals surface area contributed by atoms with Crippen LogP contribution >= 0.6 is 11.8 Å². The quantitative estimate of drug-likeness (QED) is 0.625. The molecule has 0 aliphatic carbocycles. The second kappa shape index (κ2) is 9.72. The first-order valence-corrected chi connectivity index (χ1v) is 10.8. The zero-order valence-electron chi connectivity index (χ0n) is 16.4. The molecule has 3 aromatic rings. The second-order valence-corrected chi connectivity index (χ2v) is 8.30. The summed E-state index contributed by atoms with van der Waals surface area (Å²) >= 11 is 1.61. The van der Waals surface area contributed by atoms with Crippen LogP contribution in [-0.2, 0) is 6.54 Å². The first kappa shape index (κ1) is 19.7. The molecule has 1 saturated heterocycles. The van der Waals surface area contributed by atoms with Crippen LogP contribution in [0.2, 0.25) is 0 Å². The average Bonchev–Trinajstić information content (AvgIpc) is 3.01. The van der Waals surface area contributed by atoms with Gasteiger partial charge in [0.25, 0.3) is 5.91 Å². The summed E-state index contributed by atoms with van der Waals surface area (Å²) in [6.45, 7) is 4.47. The van der Waals surface area contributed by atoms with Crippen molar-refractivity contribution in [3.63, 3.8) is 0 Å². The van der Waals surface area contributed by atoms with E-state index < -0.39 is 0 Å². The van der Waals surface area contributed by atoms with Gasteiger partial charge < -0.3 is 4.90 Å². The maximum absolute atomic E-state index is 13.0. The van der Waals surface area contributed by atoms with Gasteiger partial charge in [-0.3, -0.25) is 9.69 Å². The molecule has 1 aromatic heterocycles. The Morgan fingerprint density at radius 2 is 1.66 bits per heavy atom. The summed E-state index contributed by atoms with van der Waals surface area (Å²) in [5.41, 5.74) is 2.08. The van der Waals surface area contributed by atoms with Gasteiger partial charge in [0.2, 0.25) is 0 Å². The molecule has 1 aliphatic heterocycles. The summed E-state index contributed by atoms with van der Waals surface area (Å²) in [4.78, 5) is 22.8. The predicted molar refractivity (Wildman–Crippen MR) is 117 cm³/mol. The molecule has 0 saturated carbocycles. The molecule has 29 heavy (non-hydrogen) atoms. The molecule has 1 fully saturated rings. The lowest BCUT2D eigenvalue weighted by Gasteiger charge is -2.22. The van der Waals surface area contributed by atoms with E-state index in [0.29, 0.717) is 0 Å². The minimum absolute atomic E-state index is 0.126. The van der Waals surface area contributed by atoms with Crippen LogP contribution in [0.4, 0.5) is 0 Å². The van der Waals surface area contributed by atoms with Crippen molar-refractivity contribution in [3.05, 3.63) is 90.1 Å². The van der Waals surface area contributed by atoms with Crippen molar-refractivity contribution in [1.82, 2.24) is 14.8 Å². The van der Waals surface area contributed by atoms with Gasteiger partial charge in [-0.25, -0.2) is 4.98 Å². The average molecular weight is 404 g/mol. The van der Waals surface area contributed by atoms with Crippen LogP contribution in [0.1, 0.15) is 22.3 Å². The smallest absolute Gasteiger partial charge is 0.253 e. The molecule has 4 rings (SSSR count). The van der Waals surface area contributed by atoms with Crippen molar-refractivity contribution >= 4 is 17.7 Å². The molecule has 2 heterocycles. The fraction of sp³-hybridized carbons (Fsp3) is 0.250. The number of benzene rings is 2. The highest BCUT2D eigenvalue weighted by Crippen LogP contribution is 2.26. The topological polar surface area (TPSA) is 36.4 Å². The number of carbonyl (C=O) groups is 1. The van der Waals surface area contributed by atoms with Crippen LogP contribution in [0, 0.1) is 0 Å². The van der Waals surface area contributed by atoms with Gasteiger partial charge >= 0.3 is 0 Å². The molecule has 2 aromatic carbocycles. The van der Waals surface area contributed by atoms with E-state index in [-0.39, 0.29) is 5.91 Å². The zero-order chi connectivity index (χ0) is 19.9. The van der Waals surface area contributed by atoms with E-state index >= 15 is 0 Å². The van der Waals surface area contributed by atoms with E-state index in [1.54, 1.807) is 18.0 Å². The molecule has 0 bridgehead atoms. The first-order valence-electron chi connectivity index (χ1n) is 10.0. The van der Waals surface area contributed by atoms with E-state index in [2.05, 4.69) is 34.1 Å². The van der Waals surface area contributed by atoms with E-state index in [1.165, 1.54) is 5.56 Å². The molecule has 148 valence electrons. The Hall–Kier alpha value is -2.63. The van der Waals surface area contributed by atoms with Crippen LogP contribution < -0.4 is 0 Å². The standard InChI is InChI=1S/C24H25N3OS/c28-24(21-10-12-22(13-11-21)29-23-9-4-5-14-25-23)27-16-6-15-26(17-18-27)19-20-7-2-1-3-8-20/h1-5,7-14H,6,15-19H2. The van der Waals surface area contributed by atoms with E-state index in [9.17, 15) is 4.79 Å². The number of rotatable bonds is 5. The number of carbonyl (C=O) groups excluding carboxylic acids is 1. The highest BCUT2D eigenvalue weighted by atomic mass is 32.2. The third-order valence-electron chi connectivity index (χ3n) is 5.09. The Morgan fingerprint density at radius 3 is 2.41 bits per heavy atom. The predicted octanol–water partition coefficient (Wildman–Crippen LogP) is 4.58. The second-order valence-electron chi connectivity index (χ2n) is 7.20. The van der Waals surface area contributed by atoms with Crippen LogP contribution in [-0.4, -0.2) is 46.9 Å². The van der Waals surface area contributed by atoms with Gasteiger partial charge in [-0.15, -0.1) is 0 Å². The van der Waals surface area contributed by atoms with Crippen LogP contribution in [0.3, 0.4) is 0 Å². The van der Waals surface area contributed by atoms with Crippen molar-refractivity contribution in [1.29, 1.82) is 0 Å². The van der Waals surface area contributed by atoms with Crippen molar-refractivity contribution in [2.75, 3.05) is 26.2 Å². The van der Waals surface area contributed by atoms with E-state index in [1.807, 2.05) is 53.4 Å². The van der Waals surface area contributed by atoms with Gasteiger partial charge in [0.1, 0.15) is 5.03 Å². The van der Waals surface area contributed by atoms with Gasteiger partial charge in [-0.1, -0.05) is 48.2 Å². The highest BCUT2D eigenvalue weighted by Gasteiger charge is 2.20. The Morgan fingerprint density at radius 1 is 0.862 bits per heavy atom. The summed E-state index contributed by atoms with van der Waals surface area (Å²) in [5.74, 6) is 0.126. The van der Waals surface area contributed by atoms with Gasteiger partial charge in [0.05, 0.1) is 0 Å². The van der Waals surface area contributed by atoms with Crippen LogP contribution in [0.15, 0.2) is 88.9 Å². The fourth-order valence-corrected chi connectivity index (χ4v) is 4.32. The molecule has 0 atom stereocenters. The molecule has 0 radical (unpaired) electrons. The molecule has 0 spiro atoms. The van der Waals surface area contributed by atoms with Gasteiger partial charge in [0.15, 0.2) is 0 Å². The minimum Gasteiger partial charge on any atom is -0.337 e. The normalized spacial score (nSPS) is 15.1. The lowest BCUT2D eigenvalue weighted by Crippen LogP contribution is -2.35. The molecule has 0 N–H and O–H groups in total. The minimum atomic E-state index is 0.126. The Labute approximate surface area is 176 Å². The van der Waals surface area contributed by atoms with Crippen molar-refractivity contribution in [2.24, 2.45) is 0 Å². The largest absolute Gasteiger partial charge is 0.337 e. The summed E-state index contributed by atoms with van der Waals surface area (Å²) in [7, 11) is 0. The number of hydrogen-bond donors (Lipinski definition) is 0. The summed E-state index contributed by atoms with van der Waals surface area (Å²) in [5, 5.41) is 0.956. The molecule has 5 heteroatoms. The third kappa shape index (κ3) is 5.46. The number of nitrogens with zero attached hydrogens (tertiary/aromatic N) is 3. The lowest BCUT2D eigenvalue weighted by molar-refractivity contribution is 0.0761. The fourth-order valence-electron chi connectivity index (χ4n) is 3.55. The lowest BCUT2D eigenvalue weighted by atomic mass is 10.2. The molecular formula is C24H25N3OS. The number of hydrogen-bond acceptors (Lipinski definition) is 4. The number of pyridine rings is 1. The SMILES string of the molecule is O=C(c1ccc(Sc2ccccn2)cc1)N1CCCN(Cc2ccccc2)CC1. The molecule has 4 nitrogen and oxygen atoms in total. The third-order valence-corrected chi connectivity index (χ3v) is 6.04. The molecule has 0 unspecified atom stereocenters. The van der Waals surface area contributed by atoms with Gasteiger partial charge in [-0.05, 0) is 48.4 Å². The number of aromatic nitrogens is 1. The van der Waals surface area contributed by atoms with Crippen LogP contribution in [0.25, 0.3) is 0 Å². The van der Waals surface area contributed by atoms with E-state index in [0.717, 1.165) is 54.6 Å². The van der Waals surface area contributed by atoms with Crippen molar-refractivity contribution in [3.8, 4) is 0 Å². The van der Waals surface area contributed by atoms with Gasteiger partial charge in [-0.2, -0.15) is 0 Å². The first-order chi connectivity index (χ1) is 14.3.